The van der Waals surface area contributed by atoms with Gasteiger partial charge in [0.05, 0.1) is 0 Å². The summed E-state index contributed by atoms with van der Waals surface area (Å²) in [7, 11) is 1.82. The topological polar surface area (TPSA) is 34.4 Å². The van der Waals surface area contributed by atoms with Crippen LogP contribution in [0.1, 0.15) is 22.8 Å². The lowest BCUT2D eigenvalue weighted by atomic mass is 9.96. The summed E-state index contributed by atoms with van der Waals surface area (Å²) in [5.41, 5.74) is 1.56. The molecule has 0 radical (unpaired) electrons. The number of benzene rings is 2. The first-order valence-electron chi connectivity index (χ1n) is 7.43. The largest absolute Gasteiger partial charge is 0.448 e. The summed E-state index contributed by atoms with van der Waals surface area (Å²) >= 11 is 0. The van der Waals surface area contributed by atoms with E-state index >= 15 is 0 Å². The van der Waals surface area contributed by atoms with Gasteiger partial charge in [-0.2, -0.15) is 13.2 Å². The maximum atomic E-state index is 13.5. The molecule has 24 heavy (non-hydrogen) atoms. The SMILES string of the molecule is Cn1cc(C2OC(O)(C(F)(F)F)c3ccccc32)c2ccccc21. The van der Waals surface area contributed by atoms with Gasteiger partial charge in [0.25, 0.3) is 5.79 Å². The molecule has 0 amide bonds. The van der Waals surface area contributed by atoms with E-state index in [1.54, 1.807) is 18.3 Å². The van der Waals surface area contributed by atoms with Gasteiger partial charge in [-0.15, -0.1) is 0 Å². The Hall–Kier alpha value is -2.31. The van der Waals surface area contributed by atoms with Gasteiger partial charge in [0.15, 0.2) is 0 Å². The quantitative estimate of drug-likeness (QED) is 0.730. The van der Waals surface area contributed by atoms with E-state index < -0.39 is 18.1 Å². The van der Waals surface area contributed by atoms with Gasteiger partial charge in [-0.05, 0) is 11.6 Å². The van der Waals surface area contributed by atoms with E-state index in [-0.39, 0.29) is 5.56 Å². The highest BCUT2D eigenvalue weighted by molar-refractivity contribution is 5.85. The summed E-state index contributed by atoms with van der Waals surface area (Å²) in [5.74, 6) is -3.30. The third-order valence-corrected chi connectivity index (χ3v) is 4.49. The van der Waals surface area contributed by atoms with E-state index in [0.717, 1.165) is 10.9 Å². The van der Waals surface area contributed by atoms with Gasteiger partial charge in [0.2, 0.25) is 0 Å². The first-order chi connectivity index (χ1) is 11.3. The Balaban J connectivity index is 1.94. The summed E-state index contributed by atoms with van der Waals surface area (Å²) in [6.07, 6.45) is -4.17. The normalized spacial score (nSPS) is 23.6. The minimum absolute atomic E-state index is 0.254. The van der Waals surface area contributed by atoms with Gasteiger partial charge in [-0.1, -0.05) is 42.5 Å². The minimum Gasteiger partial charge on any atom is -0.355 e. The van der Waals surface area contributed by atoms with E-state index in [4.69, 9.17) is 4.74 Å². The molecule has 0 bridgehead atoms. The highest BCUT2D eigenvalue weighted by Gasteiger charge is 2.62. The first-order valence-corrected chi connectivity index (χ1v) is 7.43. The lowest BCUT2D eigenvalue weighted by Crippen LogP contribution is -2.42. The van der Waals surface area contributed by atoms with Crippen LogP contribution in [0.5, 0.6) is 0 Å². The fourth-order valence-corrected chi connectivity index (χ4v) is 3.36. The van der Waals surface area contributed by atoms with Crippen molar-refractivity contribution >= 4 is 10.9 Å². The zero-order chi connectivity index (χ0) is 17.1. The molecular weight excluding hydrogens is 319 g/mol. The van der Waals surface area contributed by atoms with Gasteiger partial charge in [0.1, 0.15) is 6.10 Å². The molecule has 1 N–H and O–H groups in total. The number of ether oxygens (including phenoxy) is 1. The Kier molecular flexibility index (Phi) is 3.07. The molecule has 6 heteroatoms. The number of aliphatic hydroxyl groups is 1. The number of aromatic nitrogens is 1. The van der Waals surface area contributed by atoms with Crippen molar-refractivity contribution in [1.29, 1.82) is 0 Å². The summed E-state index contributed by atoms with van der Waals surface area (Å²) in [6, 6.07) is 13.3. The number of rotatable bonds is 1. The molecule has 0 aliphatic carbocycles. The number of nitrogens with zero attached hydrogens (tertiary/aromatic N) is 1. The Bertz CT molecular complexity index is 931. The van der Waals surface area contributed by atoms with Gasteiger partial charge < -0.3 is 14.4 Å². The smallest absolute Gasteiger partial charge is 0.355 e. The molecule has 4 rings (SSSR count). The van der Waals surface area contributed by atoms with Crippen LogP contribution < -0.4 is 0 Å². The molecule has 2 atom stereocenters. The molecule has 1 aromatic heterocycles. The second-order valence-corrected chi connectivity index (χ2v) is 5.94. The lowest BCUT2D eigenvalue weighted by molar-refractivity contribution is -0.374. The molecule has 0 fully saturated rings. The number of hydrogen-bond acceptors (Lipinski definition) is 2. The van der Waals surface area contributed by atoms with Crippen LogP contribution in [-0.4, -0.2) is 15.8 Å². The standard InChI is InChI=1S/C18H14F3NO2/c1-22-10-13(11-6-3-5-9-15(11)22)16-12-7-2-4-8-14(12)17(23,24-16)18(19,20)21/h2-10,16,23H,1H3. The molecule has 2 unspecified atom stereocenters. The average molecular weight is 333 g/mol. The molecule has 0 saturated heterocycles. The van der Waals surface area contributed by atoms with Crippen molar-refractivity contribution in [3.63, 3.8) is 0 Å². The van der Waals surface area contributed by atoms with Crippen LogP contribution in [0.4, 0.5) is 13.2 Å². The number of fused-ring (bicyclic) bond motifs is 2. The highest BCUT2D eigenvalue weighted by atomic mass is 19.4. The maximum absolute atomic E-state index is 13.5. The fraction of sp³-hybridized carbons (Fsp3) is 0.222. The zero-order valence-electron chi connectivity index (χ0n) is 12.7. The first kappa shape index (κ1) is 15.2. The van der Waals surface area contributed by atoms with Gasteiger partial charge in [-0.3, -0.25) is 0 Å². The van der Waals surface area contributed by atoms with Crippen LogP contribution in [0.3, 0.4) is 0 Å². The third kappa shape index (κ3) is 1.93. The number of halogens is 3. The van der Waals surface area contributed by atoms with E-state index in [2.05, 4.69) is 0 Å². The number of alkyl halides is 3. The molecule has 124 valence electrons. The average Bonchev–Trinajstić information content (AvgIpc) is 3.04. The predicted octanol–water partition coefficient (Wildman–Crippen LogP) is 4.01. The van der Waals surface area contributed by atoms with Crippen molar-refractivity contribution in [3.8, 4) is 0 Å². The van der Waals surface area contributed by atoms with E-state index in [1.165, 1.54) is 12.1 Å². The molecule has 1 aliphatic rings. The van der Waals surface area contributed by atoms with Crippen molar-refractivity contribution in [2.75, 3.05) is 0 Å². The summed E-state index contributed by atoms with van der Waals surface area (Å²) in [4.78, 5) is 0. The number of para-hydroxylation sites is 1. The molecular formula is C18H14F3NO2. The Morgan fingerprint density at radius 1 is 1.04 bits per heavy atom. The van der Waals surface area contributed by atoms with Crippen LogP contribution in [0.25, 0.3) is 10.9 Å². The van der Waals surface area contributed by atoms with Crippen molar-refractivity contribution in [1.82, 2.24) is 4.57 Å². The van der Waals surface area contributed by atoms with Crippen molar-refractivity contribution in [3.05, 3.63) is 71.4 Å². The van der Waals surface area contributed by atoms with E-state index in [1.807, 2.05) is 35.9 Å². The predicted molar refractivity (Wildman–Crippen MR) is 82.2 cm³/mol. The Morgan fingerprint density at radius 2 is 1.71 bits per heavy atom. The van der Waals surface area contributed by atoms with Crippen LogP contribution in [0.15, 0.2) is 54.7 Å². The molecule has 2 aromatic carbocycles. The summed E-state index contributed by atoms with van der Waals surface area (Å²) in [6.45, 7) is 0. The highest BCUT2D eigenvalue weighted by Crippen LogP contribution is 2.53. The van der Waals surface area contributed by atoms with Gasteiger partial charge in [-0.25, -0.2) is 0 Å². The zero-order valence-corrected chi connectivity index (χ0v) is 12.7. The molecule has 1 aliphatic heterocycles. The number of hydrogen-bond donors (Lipinski definition) is 1. The molecule has 3 nitrogen and oxygen atoms in total. The molecule has 0 spiro atoms. The lowest BCUT2D eigenvalue weighted by Gasteiger charge is -2.26. The van der Waals surface area contributed by atoms with E-state index in [9.17, 15) is 18.3 Å². The molecule has 3 aromatic rings. The van der Waals surface area contributed by atoms with Crippen LogP contribution in [-0.2, 0) is 17.6 Å². The van der Waals surface area contributed by atoms with Crippen molar-refractivity contribution in [2.24, 2.45) is 7.05 Å². The van der Waals surface area contributed by atoms with Crippen LogP contribution >= 0.6 is 0 Å². The maximum Gasteiger partial charge on any atom is 0.448 e. The van der Waals surface area contributed by atoms with E-state index in [0.29, 0.717) is 11.1 Å². The van der Waals surface area contributed by atoms with Gasteiger partial charge >= 0.3 is 6.18 Å². The third-order valence-electron chi connectivity index (χ3n) is 4.49. The van der Waals surface area contributed by atoms with Crippen LogP contribution in [0, 0.1) is 0 Å². The fourth-order valence-electron chi connectivity index (χ4n) is 3.36. The number of aryl methyl sites for hydroxylation is 1. The van der Waals surface area contributed by atoms with Gasteiger partial charge in [0, 0.05) is 35.3 Å². The second-order valence-electron chi connectivity index (χ2n) is 5.94. The van der Waals surface area contributed by atoms with Crippen LogP contribution in [0.2, 0.25) is 0 Å². The van der Waals surface area contributed by atoms with Crippen molar-refractivity contribution < 1.29 is 23.0 Å². The molecule has 2 heterocycles. The van der Waals surface area contributed by atoms with Crippen molar-refractivity contribution in [2.45, 2.75) is 18.1 Å². The second kappa shape index (κ2) is 4.84. The minimum atomic E-state index is -4.93. The summed E-state index contributed by atoms with van der Waals surface area (Å²) in [5, 5.41) is 11.0. The Morgan fingerprint density at radius 3 is 2.46 bits per heavy atom. The molecule has 0 saturated carbocycles. The Labute approximate surface area is 135 Å². The summed E-state index contributed by atoms with van der Waals surface area (Å²) < 4.78 is 47.4. The monoisotopic (exact) mass is 333 g/mol.